The summed E-state index contributed by atoms with van der Waals surface area (Å²) >= 11 is 0. The van der Waals surface area contributed by atoms with Crippen molar-refractivity contribution in [1.82, 2.24) is 5.32 Å². The molecular weight excluding hydrogens is 282 g/mol. The maximum absolute atomic E-state index is 12.2. The number of rotatable bonds is 7. The van der Waals surface area contributed by atoms with Gasteiger partial charge in [0, 0.05) is 18.3 Å². The van der Waals surface area contributed by atoms with Crippen molar-refractivity contribution in [3.63, 3.8) is 0 Å². The standard InChI is InChI=1S/C16H21N3O3/c1-10(8-20)19-16(21)15(18-2)13-7-12(5-6-14(13)17)22-9-11-3-4-11/h5-8,10-11H,3-4,9,17H2,1-2H3,(H,19,21). The summed E-state index contributed by atoms with van der Waals surface area (Å²) in [6.07, 6.45) is 3.06. The normalized spacial score (nSPS) is 16.0. The van der Waals surface area contributed by atoms with Gasteiger partial charge in [0.15, 0.2) is 0 Å². The number of nitrogens with one attached hydrogen (secondary N) is 1. The number of carbonyl (C=O) groups excluding carboxylic acids is 2. The Morgan fingerprint density at radius 2 is 2.27 bits per heavy atom. The van der Waals surface area contributed by atoms with Crippen LogP contribution in [-0.2, 0) is 9.59 Å². The zero-order valence-corrected chi connectivity index (χ0v) is 12.8. The molecule has 6 heteroatoms. The van der Waals surface area contributed by atoms with Crippen molar-refractivity contribution in [1.29, 1.82) is 0 Å². The van der Waals surface area contributed by atoms with Gasteiger partial charge >= 0.3 is 0 Å². The average Bonchev–Trinajstić information content (AvgIpc) is 3.32. The van der Waals surface area contributed by atoms with Gasteiger partial charge in [0.05, 0.1) is 12.6 Å². The molecule has 1 saturated carbocycles. The molecule has 0 heterocycles. The van der Waals surface area contributed by atoms with Gasteiger partial charge in [0.25, 0.3) is 5.91 Å². The molecule has 1 atom stereocenters. The van der Waals surface area contributed by atoms with Crippen LogP contribution in [0.3, 0.4) is 0 Å². The van der Waals surface area contributed by atoms with E-state index in [1.54, 1.807) is 25.1 Å². The van der Waals surface area contributed by atoms with E-state index in [9.17, 15) is 9.59 Å². The lowest BCUT2D eigenvalue weighted by Crippen LogP contribution is -2.39. The molecule has 1 aromatic carbocycles. The number of amides is 1. The minimum Gasteiger partial charge on any atom is -0.493 e. The second-order valence-electron chi connectivity index (χ2n) is 5.47. The van der Waals surface area contributed by atoms with Crippen LogP contribution in [-0.4, -0.2) is 37.6 Å². The molecule has 0 saturated heterocycles. The molecule has 1 aromatic rings. The number of carbonyl (C=O) groups is 2. The van der Waals surface area contributed by atoms with Crippen LogP contribution >= 0.6 is 0 Å². The van der Waals surface area contributed by atoms with Gasteiger partial charge in [-0.05, 0) is 43.9 Å². The van der Waals surface area contributed by atoms with E-state index in [1.165, 1.54) is 19.9 Å². The Hall–Kier alpha value is -2.37. The summed E-state index contributed by atoms with van der Waals surface area (Å²) < 4.78 is 5.70. The Bertz CT molecular complexity index is 594. The molecule has 118 valence electrons. The third-order valence-corrected chi connectivity index (χ3v) is 3.46. The first kappa shape index (κ1) is 16.0. The number of aldehydes is 1. The van der Waals surface area contributed by atoms with E-state index in [1.807, 2.05) is 0 Å². The fraction of sp³-hybridized carbons (Fsp3) is 0.438. The van der Waals surface area contributed by atoms with E-state index in [0.717, 1.165) is 0 Å². The largest absolute Gasteiger partial charge is 0.493 e. The molecule has 3 N–H and O–H groups in total. The predicted octanol–water partition coefficient (Wildman–Crippen LogP) is 1.18. The van der Waals surface area contributed by atoms with Crippen molar-refractivity contribution in [2.75, 3.05) is 19.4 Å². The van der Waals surface area contributed by atoms with Crippen LogP contribution in [0, 0.1) is 5.92 Å². The Morgan fingerprint density at radius 3 is 2.86 bits per heavy atom. The molecule has 1 amide bonds. The predicted molar refractivity (Wildman–Crippen MR) is 85.2 cm³/mol. The molecule has 22 heavy (non-hydrogen) atoms. The second-order valence-corrected chi connectivity index (χ2v) is 5.47. The maximum atomic E-state index is 12.2. The minimum absolute atomic E-state index is 0.183. The van der Waals surface area contributed by atoms with Crippen molar-refractivity contribution >= 4 is 23.6 Å². The molecule has 1 unspecified atom stereocenters. The number of benzene rings is 1. The van der Waals surface area contributed by atoms with Gasteiger partial charge in [-0.15, -0.1) is 0 Å². The van der Waals surface area contributed by atoms with Gasteiger partial charge in [0.1, 0.15) is 17.7 Å². The quantitative estimate of drug-likeness (QED) is 0.449. The first-order chi connectivity index (χ1) is 10.5. The first-order valence-electron chi connectivity index (χ1n) is 7.30. The molecule has 2 rings (SSSR count). The van der Waals surface area contributed by atoms with Crippen molar-refractivity contribution in [2.24, 2.45) is 10.9 Å². The summed E-state index contributed by atoms with van der Waals surface area (Å²) in [7, 11) is 1.51. The van der Waals surface area contributed by atoms with Gasteiger partial charge < -0.3 is 20.6 Å². The molecule has 0 aliphatic heterocycles. The minimum atomic E-state index is -0.584. The lowest BCUT2D eigenvalue weighted by atomic mass is 10.1. The summed E-state index contributed by atoms with van der Waals surface area (Å²) in [5, 5.41) is 2.55. The molecule has 1 aliphatic carbocycles. The van der Waals surface area contributed by atoms with E-state index < -0.39 is 11.9 Å². The zero-order chi connectivity index (χ0) is 16.1. The summed E-state index contributed by atoms with van der Waals surface area (Å²) in [4.78, 5) is 26.9. The van der Waals surface area contributed by atoms with Crippen LogP contribution < -0.4 is 15.8 Å². The van der Waals surface area contributed by atoms with Crippen LogP contribution in [0.15, 0.2) is 23.2 Å². The lowest BCUT2D eigenvalue weighted by molar-refractivity contribution is -0.118. The number of hydrogen-bond donors (Lipinski definition) is 2. The van der Waals surface area contributed by atoms with Crippen LogP contribution in [0.1, 0.15) is 25.3 Å². The maximum Gasteiger partial charge on any atom is 0.270 e. The highest BCUT2D eigenvalue weighted by molar-refractivity contribution is 6.46. The number of ether oxygens (including phenoxy) is 1. The molecular formula is C16H21N3O3. The van der Waals surface area contributed by atoms with Gasteiger partial charge in [-0.25, -0.2) is 0 Å². The number of hydrogen-bond acceptors (Lipinski definition) is 5. The smallest absolute Gasteiger partial charge is 0.270 e. The average molecular weight is 303 g/mol. The van der Waals surface area contributed by atoms with Gasteiger partial charge in [0.2, 0.25) is 0 Å². The van der Waals surface area contributed by atoms with Crippen LogP contribution in [0.25, 0.3) is 0 Å². The van der Waals surface area contributed by atoms with Gasteiger partial charge in [-0.3, -0.25) is 9.79 Å². The molecule has 6 nitrogen and oxygen atoms in total. The van der Waals surface area contributed by atoms with E-state index in [0.29, 0.717) is 35.8 Å². The molecule has 0 spiro atoms. The number of nitrogen functional groups attached to an aromatic ring is 1. The van der Waals surface area contributed by atoms with E-state index in [4.69, 9.17) is 10.5 Å². The van der Waals surface area contributed by atoms with Gasteiger partial charge in [-0.2, -0.15) is 0 Å². The fourth-order valence-corrected chi connectivity index (χ4v) is 1.98. The van der Waals surface area contributed by atoms with Gasteiger partial charge in [-0.1, -0.05) is 0 Å². The number of aliphatic imine (C=N–C) groups is 1. The summed E-state index contributed by atoms with van der Waals surface area (Å²) in [5.41, 5.74) is 7.08. The fourth-order valence-electron chi connectivity index (χ4n) is 1.98. The Labute approximate surface area is 129 Å². The number of nitrogens with zero attached hydrogens (tertiary/aromatic N) is 1. The summed E-state index contributed by atoms with van der Waals surface area (Å²) in [6.45, 7) is 2.27. The summed E-state index contributed by atoms with van der Waals surface area (Å²) in [6, 6.07) is 4.60. The molecule has 1 aliphatic rings. The van der Waals surface area contributed by atoms with Crippen LogP contribution in [0.5, 0.6) is 5.75 Å². The SMILES string of the molecule is CN=C(C(=O)NC(C)C=O)c1cc(OCC2CC2)ccc1N. The number of anilines is 1. The summed E-state index contributed by atoms with van der Waals surface area (Å²) in [5.74, 6) is 0.860. The van der Waals surface area contributed by atoms with E-state index in [2.05, 4.69) is 10.3 Å². The Balaban J connectivity index is 2.17. The molecule has 0 aromatic heterocycles. The van der Waals surface area contributed by atoms with Crippen molar-refractivity contribution in [2.45, 2.75) is 25.8 Å². The first-order valence-corrected chi connectivity index (χ1v) is 7.30. The lowest BCUT2D eigenvalue weighted by Gasteiger charge is -2.13. The zero-order valence-electron chi connectivity index (χ0n) is 12.8. The Kier molecular flexibility index (Phi) is 5.14. The van der Waals surface area contributed by atoms with Crippen molar-refractivity contribution < 1.29 is 14.3 Å². The monoisotopic (exact) mass is 303 g/mol. The molecule has 0 bridgehead atoms. The highest BCUT2D eigenvalue weighted by Crippen LogP contribution is 2.30. The topological polar surface area (TPSA) is 93.8 Å². The van der Waals surface area contributed by atoms with Crippen molar-refractivity contribution in [3.8, 4) is 5.75 Å². The third-order valence-electron chi connectivity index (χ3n) is 3.46. The van der Waals surface area contributed by atoms with E-state index in [-0.39, 0.29) is 5.71 Å². The second kappa shape index (κ2) is 7.06. The third kappa shape index (κ3) is 4.07. The van der Waals surface area contributed by atoms with Crippen LogP contribution in [0.4, 0.5) is 5.69 Å². The van der Waals surface area contributed by atoms with Crippen LogP contribution in [0.2, 0.25) is 0 Å². The van der Waals surface area contributed by atoms with E-state index >= 15 is 0 Å². The van der Waals surface area contributed by atoms with Crippen molar-refractivity contribution in [3.05, 3.63) is 23.8 Å². The Morgan fingerprint density at radius 1 is 1.55 bits per heavy atom. The highest BCUT2D eigenvalue weighted by atomic mass is 16.5. The molecule has 0 radical (unpaired) electrons. The number of nitrogens with two attached hydrogens (primary N) is 1. The molecule has 1 fully saturated rings. The highest BCUT2D eigenvalue weighted by Gasteiger charge is 2.22.